The van der Waals surface area contributed by atoms with Crippen molar-refractivity contribution in [3.63, 3.8) is 0 Å². The predicted octanol–water partition coefficient (Wildman–Crippen LogP) is 2.48. The van der Waals surface area contributed by atoms with E-state index in [1.54, 1.807) is 0 Å². The van der Waals surface area contributed by atoms with Gasteiger partial charge in [-0.15, -0.1) is 0 Å². The van der Waals surface area contributed by atoms with Gasteiger partial charge in [-0.2, -0.15) is 8.78 Å². The van der Waals surface area contributed by atoms with Crippen LogP contribution in [0, 0.1) is 12.3 Å². The molecule has 10 heavy (non-hydrogen) atoms. The summed E-state index contributed by atoms with van der Waals surface area (Å²) in [5.41, 5.74) is -0.172. The van der Waals surface area contributed by atoms with E-state index in [-0.39, 0.29) is 12.0 Å². The van der Waals surface area contributed by atoms with E-state index in [1.807, 2.05) is 13.8 Å². The van der Waals surface area contributed by atoms with E-state index in [0.29, 0.717) is 6.42 Å². The molecule has 0 N–H and O–H groups in total. The highest BCUT2D eigenvalue weighted by atomic mass is 19.3. The molecule has 0 unspecified atom stereocenters. The first-order chi connectivity index (χ1) is 4.42. The van der Waals surface area contributed by atoms with Crippen LogP contribution in [0.4, 0.5) is 8.78 Å². The molecule has 1 nitrogen and oxygen atoms in total. The molecule has 61 valence electrons. The summed E-state index contributed by atoms with van der Waals surface area (Å²) in [4.78, 5) is 0. The summed E-state index contributed by atoms with van der Waals surface area (Å²) in [5.74, 6) is 0. The second kappa shape index (κ2) is 3.86. The minimum absolute atomic E-state index is 0.0775. The summed E-state index contributed by atoms with van der Waals surface area (Å²) < 4.78 is 26.8. The summed E-state index contributed by atoms with van der Waals surface area (Å²) in [6.07, 6.45) is 0.553. The van der Waals surface area contributed by atoms with Gasteiger partial charge in [0.2, 0.25) is 0 Å². The normalized spacial score (nSPS) is 12.6. The van der Waals surface area contributed by atoms with E-state index in [4.69, 9.17) is 0 Å². The summed E-state index contributed by atoms with van der Waals surface area (Å²) in [6, 6.07) is 0. The van der Waals surface area contributed by atoms with Gasteiger partial charge in [0.05, 0.1) is 6.61 Å². The van der Waals surface area contributed by atoms with E-state index < -0.39 is 6.61 Å². The topological polar surface area (TPSA) is 9.23 Å². The van der Waals surface area contributed by atoms with Gasteiger partial charge < -0.3 is 4.74 Å². The maximum absolute atomic E-state index is 11.4. The molecule has 0 aliphatic rings. The first-order valence-electron chi connectivity index (χ1n) is 3.17. The second-order valence-corrected chi connectivity index (χ2v) is 3.05. The lowest BCUT2D eigenvalue weighted by Gasteiger charge is -2.16. The largest absolute Gasteiger partial charge is 0.345 e. The second-order valence-electron chi connectivity index (χ2n) is 3.05. The molecule has 0 saturated carbocycles. The van der Waals surface area contributed by atoms with Gasteiger partial charge in [0.15, 0.2) is 0 Å². The van der Waals surface area contributed by atoms with Gasteiger partial charge in [-0.1, -0.05) is 13.8 Å². The van der Waals surface area contributed by atoms with Crippen LogP contribution in [0.25, 0.3) is 0 Å². The highest BCUT2D eigenvalue weighted by Gasteiger charge is 2.11. The molecule has 0 atom stereocenters. The van der Waals surface area contributed by atoms with E-state index in [1.165, 1.54) is 0 Å². The number of alkyl halides is 2. The van der Waals surface area contributed by atoms with E-state index >= 15 is 0 Å². The van der Waals surface area contributed by atoms with Crippen molar-refractivity contribution in [3.8, 4) is 0 Å². The molecular weight excluding hydrogens is 138 g/mol. The van der Waals surface area contributed by atoms with Crippen molar-refractivity contribution in [2.24, 2.45) is 5.41 Å². The maximum atomic E-state index is 11.4. The van der Waals surface area contributed by atoms with E-state index in [0.717, 1.165) is 0 Å². The average molecular weight is 151 g/mol. The third kappa shape index (κ3) is 7.82. The lowest BCUT2D eigenvalue weighted by molar-refractivity contribution is -0.132. The molecular formula is C7H13F2O. The van der Waals surface area contributed by atoms with Crippen LogP contribution in [0.1, 0.15) is 20.3 Å². The Labute approximate surface area is 60.4 Å². The number of hydrogen-bond acceptors (Lipinski definition) is 1. The molecule has 3 heteroatoms. The molecule has 0 aliphatic heterocycles. The molecule has 0 fully saturated rings. The fourth-order valence-corrected chi connectivity index (χ4v) is 0.424. The molecule has 0 aliphatic carbocycles. The van der Waals surface area contributed by atoms with Crippen molar-refractivity contribution >= 4 is 0 Å². The van der Waals surface area contributed by atoms with Gasteiger partial charge in [0.1, 0.15) is 0 Å². The Bertz CT molecular complexity index is 86.1. The van der Waals surface area contributed by atoms with Crippen molar-refractivity contribution < 1.29 is 13.5 Å². The standard InChI is InChI=1S/C7H13F2O/c1-7(2,3)4-5-10-6(8)9/h6H,1,4-5H2,2-3H3. The molecule has 0 aromatic heterocycles. The summed E-state index contributed by atoms with van der Waals surface area (Å²) >= 11 is 0. The third-order valence-corrected chi connectivity index (χ3v) is 1.02. The first-order valence-corrected chi connectivity index (χ1v) is 3.17. The van der Waals surface area contributed by atoms with Crippen LogP contribution in [-0.2, 0) is 4.74 Å². The van der Waals surface area contributed by atoms with Crippen molar-refractivity contribution in [3.05, 3.63) is 6.92 Å². The highest BCUT2D eigenvalue weighted by Crippen LogP contribution is 2.17. The molecule has 0 heterocycles. The number of halogens is 2. The summed E-state index contributed by atoms with van der Waals surface area (Å²) in [6.45, 7) is 4.92. The lowest BCUT2D eigenvalue weighted by Crippen LogP contribution is -2.11. The van der Waals surface area contributed by atoms with Crippen molar-refractivity contribution in [2.45, 2.75) is 26.9 Å². The predicted molar refractivity (Wildman–Crippen MR) is 35.7 cm³/mol. The van der Waals surface area contributed by atoms with Gasteiger partial charge in [0.25, 0.3) is 0 Å². The number of ether oxygens (including phenoxy) is 1. The quantitative estimate of drug-likeness (QED) is 0.599. The molecule has 0 bridgehead atoms. The summed E-state index contributed by atoms with van der Waals surface area (Å²) in [7, 11) is 0. The van der Waals surface area contributed by atoms with Crippen LogP contribution in [0.5, 0.6) is 0 Å². The zero-order valence-electron chi connectivity index (χ0n) is 6.36. The van der Waals surface area contributed by atoms with Crippen molar-refractivity contribution in [1.29, 1.82) is 0 Å². The van der Waals surface area contributed by atoms with Gasteiger partial charge in [-0.3, -0.25) is 0 Å². The van der Waals surface area contributed by atoms with E-state index in [9.17, 15) is 8.78 Å². The van der Waals surface area contributed by atoms with Crippen LogP contribution in [0.2, 0.25) is 0 Å². The molecule has 1 radical (unpaired) electrons. The smallest absolute Gasteiger partial charge is 0.323 e. The fraction of sp³-hybridized carbons (Fsp3) is 0.857. The lowest BCUT2D eigenvalue weighted by atomic mass is 9.93. The average Bonchev–Trinajstić information content (AvgIpc) is 1.59. The molecule has 0 spiro atoms. The van der Waals surface area contributed by atoms with Gasteiger partial charge >= 0.3 is 6.61 Å². The molecule has 0 saturated heterocycles. The molecule has 0 rings (SSSR count). The maximum Gasteiger partial charge on any atom is 0.345 e. The molecule has 0 aromatic carbocycles. The number of hydrogen-bond donors (Lipinski definition) is 0. The zero-order chi connectivity index (χ0) is 8.20. The monoisotopic (exact) mass is 151 g/mol. The van der Waals surface area contributed by atoms with Gasteiger partial charge in [0, 0.05) is 0 Å². The Hall–Kier alpha value is -0.180. The Balaban J connectivity index is 3.21. The molecule has 0 amide bonds. The van der Waals surface area contributed by atoms with Crippen molar-refractivity contribution in [2.75, 3.05) is 6.61 Å². The first kappa shape index (κ1) is 9.82. The SMILES string of the molecule is [CH2]C(C)(C)CCOC(F)F. The Kier molecular flexibility index (Phi) is 3.79. The minimum Gasteiger partial charge on any atom is -0.323 e. The van der Waals surface area contributed by atoms with Crippen LogP contribution in [0.15, 0.2) is 0 Å². The summed E-state index contributed by atoms with van der Waals surface area (Å²) in [5, 5.41) is 0. The van der Waals surface area contributed by atoms with Gasteiger partial charge in [-0.25, -0.2) is 0 Å². The van der Waals surface area contributed by atoms with Crippen LogP contribution in [-0.4, -0.2) is 13.2 Å². The Morgan fingerprint density at radius 3 is 2.30 bits per heavy atom. The minimum atomic E-state index is -2.65. The zero-order valence-corrected chi connectivity index (χ0v) is 6.36. The third-order valence-electron chi connectivity index (χ3n) is 1.02. The highest BCUT2D eigenvalue weighted by molar-refractivity contribution is 4.69. The van der Waals surface area contributed by atoms with Crippen LogP contribution >= 0.6 is 0 Å². The molecule has 0 aromatic rings. The fourth-order valence-electron chi connectivity index (χ4n) is 0.424. The van der Waals surface area contributed by atoms with Crippen LogP contribution < -0.4 is 0 Å². The van der Waals surface area contributed by atoms with E-state index in [2.05, 4.69) is 11.7 Å². The van der Waals surface area contributed by atoms with Crippen molar-refractivity contribution in [1.82, 2.24) is 0 Å². The van der Waals surface area contributed by atoms with Gasteiger partial charge in [-0.05, 0) is 18.8 Å². The van der Waals surface area contributed by atoms with Crippen LogP contribution in [0.3, 0.4) is 0 Å². The number of rotatable bonds is 4. The Morgan fingerprint density at radius 2 is 2.00 bits per heavy atom. The Morgan fingerprint density at radius 1 is 1.50 bits per heavy atom.